The van der Waals surface area contributed by atoms with Crippen LogP contribution in [0.4, 0.5) is 9.59 Å². The minimum Gasteiger partial charge on any atom is -0.450 e. The van der Waals surface area contributed by atoms with Gasteiger partial charge < -0.3 is 25.3 Å². The number of rotatable bonds is 2. The molecule has 0 aromatic carbocycles. The Morgan fingerprint density at radius 1 is 0.929 bits per heavy atom. The lowest BCUT2D eigenvalue weighted by atomic mass is 9.95. The molecular weight excluding hydrogens is 504 g/mol. The highest BCUT2D eigenvalue weighted by Crippen LogP contribution is 2.31. The van der Waals surface area contributed by atoms with Crippen LogP contribution in [0.5, 0.6) is 0 Å². The summed E-state index contributed by atoms with van der Waals surface area (Å²) in [6.07, 6.45) is -2.00. The Hall–Kier alpha value is -1.88. The Labute approximate surface area is 180 Å². The average molecular weight is 530 g/mol. The van der Waals surface area contributed by atoms with Crippen molar-refractivity contribution in [3.05, 3.63) is 29.6 Å². The van der Waals surface area contributed by atoms with Crippen LogP contribution in [-0.4, -0.2) is 59.6 Å². The van der Waals surface area contributed by atoms with Crippen LogP contribution in [0, 0.1) is 0 Å². The minimum absolute atomic E-state index is 0.0160. The molecule has 1 amide bonds. The molecule has 0 unspecified atom stereocenters. The second kappa shape index (κ2) is 11.8. The molecule has 0 saturated carbocycles. The lowest BCUT2D eigenvalue weighted by Gasteiger charge is -2.45. The second-order valence-electron chi connectivity index (χ2n) is 7.32. The van der Waals surface area contributed by atoms with E-state index in [0.717, 1.165) is 5.56 Å². The summed E-state index contributed by atoms with van der Waals surface area (Å²) in [4.78, 5) is 36.1. The van der Waals surface area contributed by atoms with Crippen LogP contribution >= 0.6 is 31.9 Å². The van der Waals surface area contributed by atoms with Gasteiger partial charge in [-0.3, -0.25) is 9.78 Å². The van der Waals surface area contributed by atoms with Gasteiger partial charge in [0, 0.05) is 17.3 Å². The summed E-state index contributed by atoms with van der Waals surface area (Å²) in [6, 6.07) is 3.70. The van der Waals surface area contributed by atoms with E-state index < -0.39 is 12.3 Å². The molecule has 1 aromatic rings. The quantitative estimate of drug-likeness (QED) is 0.374. The Morgan fingerprint density at radius 2 is 1.29 bits per heavy atom. The van der Waals surface area contributed by atoms with E-state index in [1.807, 2.05) is 58.6 Å². The summed E-state index contributed by atoms with van der Waals surface area (Å²) < 4.78 is 0.0160. The minimum atomic E-state index is -1.83. The number of carbonyl (C=O) groups excluding carboxylic acids is 1. The van der Waals surface area contributed by atoms with E-state index in [1.165, 1.54) is 0 Å². The number of hydrogen-bond donors (Lipinski definition) is 4. The first-order chi connectivity index (χ1) is 12.4. The summed E-state index contributed by atoms with van der Waals surface area (Å²) in [5.74, 6) is -0.0486. The maximum absolute atomic E-state index is 12.8. The third-order valence-electron chi connectivity index (χ3n) is 2.80. The largest absolute Gasteiger partial charge is 0.503 e. The third-order valence-corrected chi connectivity index (χ3v) is 3.86. The fraction of sp³-hybridized carbons (Fsp3) is 0.529. The molecule has 0 aliphatic heterocycles. The molecule has 1 rings (SSSR count). The zero-order valence-electron chi connectivity index (χ0n) is 16.5. The number of carbonyl (C=O) groups is 3. The highest BCUT2D eigenvalue weighted by molar-refractivity contribution is 9.24. The van der Waals surface area contributed by atoms with Crippen molar-refractivity contribution >= 4 is 50.1 Å². The number of halogens is 2. The normalized spacial score (nSPS) is 10.8. The van der Waals surface area contributed by atoms with Crippen LogP contribution in [-0.2, 0) is 0 Å². The summed E-state index contributed by atoms with van der Waals surface area (Å²) in [5.41, 5.74) is 0.909. The van der Waals surface area contributed by atoms with Gasteiger partial charge in [-0.05, 0) is 59.2 Å². The molecule has 28 heavy (non-hydrogen) atoms. The first-order valence-corrected chi connectivity index (χ1v) is 9.67. The van der Waals surface area contributed by atoms with Crippen LogP contribution in [0.3, 0.4) is 0 Å². The van der Waals surface area contributed by atoms with Gasteiger partial charge in [-0.15, -0.1) is 0 Å². The van der Waals surface area contributed by atoms with E-state index in [2.05, 4.69) is 36.8 Å². The van der Waals surface area contributed by atoms with Crippen LogP contribution in [0.15, 0.2) is 18.3 Å². The van der Waals surface area contributed by atoms with Crippen molar-refractivity contribution in [2.24, 2.45) is 0 Å². The number of pyridine rings is 1. The number of amides is 1. The molecule has 0 aliphatic rings. The van der Waals surface area contributed by atoms with Crippen LogP contribution in [0.25, 0.3) is 0 Å². The number of hydrogen-bond acceptors (Lipinski definition) is 4. The Kier molecular flexibility index (Phi) is 12.0. The van der Waals surface area contributed by atoms with Gasteiger partial charge in [-0.2, -0.15) is 0 Å². The number of aromatic nitrogens is 1. The van der Waals surface area contributed by atoms with E-state index in [4.69, 9.17) is 30.0 Å². The Balaban J connectivity index is 0. The smallest absolute Gasteiger partial charge is 0.450 e. The van der Waals surface area contributed by atoms with Gasteiger partial charge in [0.1, 0.15) is 5.69 Å². The van der Waals surface area contributed by atoms with Gasteiger partial charge in [0.05, 0.1) is 3.74 Å². The molecule has 0 spiro atoms. The van der Waals surface area contributed by atoms with E-state index in [-0.39, 0.29) is 20.7 Å². The maximum Gasteiger partial charge on any atom is 0.503 e. The monoisotopic (exact) mass is 528 g/mol. The van der Waals surface area contributed by atoms with Crippen LogP contribution < -0.4 is 0 Å². The maximum atomic E-state index is 12.8. The standard InChI is InChI=1S/C15H22Br2N2O.2CH2O3/c1-14(2,3)19(15(4,5)6)13(20)11-9-10(12(16)17)7-8-18-11;2*2-1(3)4/h7-9,12H,1-6H3;2*(H2,2,3,4). The van der Waals surface area contributed by atoms with E-state index in [0.29, 0.717) is 5.69 Å². The van der Waals surface area contributed by atoms with Crippen molar-refractivity contribution in [2.75, 3.05) is 0 Å². The molecule has 11 heteroatoms. The fourth-order valence-electron chi connectivity index (χ4n) is 2.43. The summed E-state index contributed by atoms with van der Waals surface area (Å²) in [5, 5.41) is 27.9. The SMILES string of the molecule is CC(C)(C)N(C(=O)c1cc(C(Br)Br)ccn1)C(C)(C)C.O=C(O)O.O=C(O)O. The molecule has 0 atom stereocenters. The average Bonchev–Trinajstić information content (AvgIpc) is 2.43. The van der Waals surface area contributed by atoms with Gasteiger partial charge >= 0.3 is 12.3 Å². The lowest BCUT2D eigenvalue weighted by molar-refractivity contribution is 0.0264. The first-order valence-electron chi connectivity index (χ1n) is 7.83. The van der Waals surface area contributed by atoms with Crippen molar-refractivity contribution in [1.29, 1.82) is 0 Å². The van der Waals surface area contributed by atoms with Gasteiger partial charge in [-0.1, -0.05) is 31.9 Å². The van der Waals surface area contributed by atoms with Crippen molar-refractivity contribution in [3.63, 3.8) is 0 Å². The Morgan fingerprint density at radius 3 is 1.57 bits per heavy atom. The molecule has 1 aromatic heterocycles. The number of alkyl halides is 2. The third kappa shape index (κ3) is 12.5. The topological polar surface area (TPSA) is 148 Å². The van der Waals surface area contributed by atoms with Gasteiger partial charge in [-0.25, -0.2) is 9.59 Å². The molecule has 0 aliphatic carbocycles. The van der Waals surface area contributed by atoms with E-state index in [1.54, 1.807) is 6.20 Å². The van der Waals surface area contributed by atoms with E-state index in [9.17, 15) is 4.79 Å². The molecule has 0 radical (unpaired) electrons. The molecular formula is C17H26Br2N2O7. The molecule has 160 valence electrons. The molecule has 1 heterocycles. The number of nitrogens with zero attached hydrogens (tertiary/aromatic N) is 2. The van der Waals surface area contributed by atoms with Crippen molar-refractivity contribution in [3.8, 4) is 0 Å². The molecule has 9 nitrogen and oxygen atoms in total. The van der Waals surface area contributed by atoms with Gasteiger partial charge in [0.2, 0.25) is 0 Å². The molecule has 0 saturated heterocycles. The lowest BCUT2D eigenvalue weighted by Crippen LogP contribution is -2.55. The van der Waals surface area contributed by atoms with Gasteiger partial charge in [0.15, 0.2) is 0 Å². The van der Waals surface area contributed by atoms with Crippen molar-refractivity contribution in [1.82, 2.24) is 9.88 Å². The Bertz CT molecular complexity index is 634. The van der Waals surface area contributed by atoms with Crippen molar-refractivity contribution < 1.29 is 34.8 Å². The molecule has 0 fully saturated rings. The zero-order chi connectivity index (χ0) is 22.9. The summed E-state index contributed by atoms with van der Waals surface area (Å²) >= 11 is 6.89. The highest BCUT2D eigenvalue weighted by Gasteiger charge is 2.36. The second-order valence-corrected chi connectivity index (χ2v) is 10.4. The highest BCUT2D eigenvalue weighted by atomic mass is 79.9. The van der Waals surface area contributed by atoms with Crippen molar-refractivity contribution in [2.45, 2.75) is 56.4 Å². The van der Waals surface area contributed by atoms with E-state index >= 15 is 0 Å². The molecule has 0 bridgehead atoms. The molecule has 4 N–H and O–H groups in total. The summed E-state index contributed by atoms with van der Waals surface area (Å²) in [6.45, 7) is 12.2. The zero-order valence-corrected chi connectivity index (χ0v) is 19.6. The first kappa shape index (κ1) is 28.3. The number of carboxylic acid groups (broad SMARTS) is 4. The van der Waals surface area contributed by atoms with Crippen LogP contribution in [0.1, 0.15) is 61.3 Å². The van der Waals surface area contributed by atoms with Crippen LogP contribution in [0.2, 0.25) is 0 Å². The van der Waals surface area contributed by atoms with Gasteiger partial charge in [0.25, 0.3) is 5.91 Å². The fourth-order valence-corrected chi connectivity index (χ4v) is 3.00. The predicted molar refractivity (Wildman–Crippen MR) is 112 cm³/mol. The predicted octanol–water partition coefficient (Wildman–Crippen LogP) is 5.35. The summed E-state index contributed by atoms with van der Waals surface area (Å²) in [7, 11) is 0.